The van der Waals surface area contributed by atoms with Crippen LogP contribution >= 0.6 is 12.4 Å². The number of hydrogen-bond donors (Lipinski definition) is 0. The van der Waals surface area contributed by atoms with Crippen molar-refractivity contribution >= 4 is 12.4 Å². The van der Waals surface area contributed by atoms with E-state index in [0.717, 1.165) is 24.4 Å². The molecule has 2 aromatic carbocycles. The van der Waals surface area contributed by atoms with E-state index in [9.17, 15) is 0 Å². The average Bonchev–Trinajstić information content (AvgIpc) is 2.65. The number of benzene rings is 2. The lowest BCUT2D eigenvalue weighted by Crippen LogP contribution is -2.43. The van der Waals surface area contributed by atoms with E-state index in [2.05, 4.69) is 68.6 Å². The molecule has 0 saturated heterocycles. The molecule has 148 valence electrons. The monoisotopic (exact) mass is 389 g/mol. The molecule has 0 N–H and O–H groups in total. The topological polar surface area (TPSA) is 21.7 Å². The van der Waals surface area contributed by atoms with Gasteiger partial charge in [0.25, 0.3) is 0 Å². The van der Waals surface area contributed by atoms with Crippen molar-refractivity contribution in [3.8, 4) is 5.75 Å². The van der Waals surface area contributed by atoms with Crippen LogP contribution in [-0.2, 0) is 10.3 Å². The molecule has 2 rings (SSSR count). The van der Waals surface area contributed by atoms with Crippen LogP contribution in [0.5, 0.6) is 5.75 Å². The maximum absolute atomic E-state index is 5.80. The van der Waals surface area contributed by atoms with Crippen LogP contribution in [0.4, 0.5) is 0 Å². The Morgan fingerprint density at radius 3 is 2.30 bits per heavy atom. The Balaban J connectivity index is 0.00000364. The van der Waals surface area contributed by atoms with Crippen molar-refractivity contribution in [1.29, 1.82) is 0 Å². The molecule has 0 aliphatic rings. The summed E-state index contributed by atoms with van der Waals surface area (Å²) >= 11 is 0. The molecule has 0 unspecified atom stereocenters. The highest BCUT2D eigenvalue weighted by molar-refractivity contribution is 5.85. The Labute approximate surface area is 170 Å². The molecule has 0 radical (unpaired) electrons. The van der Waals surface area contributed by atoms with Gasteiger partial charge in [0.1, 0.15) is 12.4 Å². The van der Waals surface area contributed by atoms with Crippen LogP contribution in [0.1, 0.15) is 25.0 Å². The van der Waals surface area contributed by atoms with Gasteiger partial charge in [0, 0.05) is 18.6 Å². The molecule has 27 heavy (non-hydrogen) atoms. The molecule has 3 nitrogen and oxygen atoms in total. The van der Waals surface area contributed by atoms with Crippen LogP contribution < -0.4 is 4.74 Å². The van der Waals surface area contributed by atoms with E-state index in [-0.39, 0.29) is 17.9 Å². The van der Waals surface area contributed by atoms with Crippen LogP contribution in [0.3, 0.4) is 0 Å². The number of rotatable bonds is 11. The number of nitrogens with zero attached hydrogens (tertiary/aromatic N) is 1. The predicted molar refractivity (Wildman–Crippen MR) is 116 cm³/mol. The maximum atomic E-state index is 5.80. The Morgan fingerprint density at radius 2 is 1.63 bits per heavy atom. The van der Waals surface area contributed by atoms with Gasteiger partial charge >= 0.3 is 0 Å². The van der Waals surface area contributed by atoms with Crippen LogP contribution in [0.25, 0.3) is 0 Å². The third-order valence-electron chi connectivity index (χ3n) is 4.70. The van der Waals surface area contributed by atoms with Gasteiger partial charge in [-0.1, -0.05) is 54.6 Å². The van der Waals surface area contributed by atoms with Gasteiger partial charge in [-0.25, -0.2) is 0 Å². The Hall–Kier alpha value is -1.81. The van der Waals surface area contributed by atoms with Crippen molar-refractivity contribution in [2.75, 3.05) is 32.9 Å². The first-order valence-corrected chi connectivity index (χ1v) is 9.23. The number of aryl methyl sites for hydroxylation is 1. The van der Waals surface area contributed by atoms with Gasteiger partial charge in [0.05, 0.1) is 13.2 Å². The first kappa shape index (κ1) is 23.2. The van der Waals surface area contributed by atoms with E-state index in [1.54, 1.807) is 0 Å². The largest absolute Gasteiger partial charge is 0.491 e. The fourth-order valence-electron chi connectivity index (χ4n) is 2.99. The quantitative estimate of drug-likeness (QED) is 0.387. The van der Waals surface area contributed by atoms with Gasteiger partial charge < -0.3 is 9.47 Å². The molecular formula is C23H32ClNO2. The summed E-state index contributed by atoms with van der Waals surface area (Å²) in [5.41, 5.74) is 2.37. The normalized spacial score (nSPS) is 11.1. The van der Waals surface area contributed by atoms with E-state index in [1.165, 1.54) is 5.56 Å². The highest BCUT2D eigenvalue weighted by Crippen LogP contribution is 2.27. The Kier molecular flexibility index (Phi) is 10.2. The van der Waals surface area contributed by atoms with Crippen molar-refractivity contribution in [3.63, 3.8) is 0 Å². The molecule has 0 fully saturated rings. The first-order chi connectivity index (χ1) is 12.6. The van der Waals surface area contributed by atoms with Gasteiger partial charge in [-0.15, -0.1) is 19.0 Å². The molecule has 0 saturated carbocycles. The minimum Gasteiger partial charge on any atom is -0.491 e. The maximum Gasteiger partial charge on any atom is 0.122 e. The molecule has 4 heteroatoms. The zero-order chi connectivity index (χ0) is 18.8. The molecule has 0 heterocycles. The fourth-order valence-corrected chi connectivity index (χ4v) is 2.99. The molecule has 0 bridgehead atoms. The number of para-hydroxylation sites is 1. The summed E-state index contributed by atoms with van der Waals surface area (Å²) < 4.78 is 11.6. The fraction of sp³-hybridized carbons (Fsp3) is 0.391. The van der Waals surface area contributed by atoms with Crippen molar-refractivity contribution in [1.82, 2.24) is 4.90 Å². The molecular weight excluding hydrogens is 358 g/mol. The standard InChI is InChI=1S/C23H31NO2.ClH/c1-5-15-24(23(3,4)21-12-7-6-8-13-21)16-17-25-18-19-26-22-14-10-9-11-20(22)2;/h5-14H,1,15-19H2,2-4H3;1H. The van der Waals surface area contributed by atoms with Crippen LogP contribution in [0.15, 0.2) is 67.3 Å². The van der Waals surface area contributed by atoms with Gasteiger partial charge in [-0.2, -0.15) is 0 Å². The van der Waals surface area contributed by atoms with Crippen molar-refractivity contribution in [2.45, 2.75) is 26.3 Å². The van der Waals surface area contributed by atoms with Crippen LogP contribution in [0, 0.1) is 6.92 Å². The summed E-state index contributed by atoms with van der Waals surface area (Å²) in [6, 6.07) is 18.6. The second kappa shape index (κ2) is 11.8. The molecule has 0 amide bonds. The molecule has 2 aromatic rings. The second-order valence-electron chi connectivity index (χ2n) is 6.89. The van der Waals surface area contributed by atoms with Gasteiger partial charge in [-0.3, -0.25) is 4.90 Å². The zero-order valence-corrected chi connectivity index (χ0v) is 17.5. The van der Waals surface area contributed by atoms with Crippen LogP contribution in [-0.4, -0.2) is 37.8 Å². The van der Waals surface area contributed by atoms with Crippen molar-refractivity contribution in [2.24, 2.45) is 0 Å². The molecule has 0 spiro atoms. The summed E-state index contributed by atoms with van der Waals surface area (Å²) in [5, 5.41) is 0. The molecule has 0 aliphatic heterocycles. The van der Waals surface area contributed by atoms with Crippen molar-refractivity contribution < 1.29 is 9.47 Å². The summed E-state index contributed by atoms with van der Waals surface area (Å²) in [7, 11) is 0. The van der Waals surface area contributed by atoms with E-state index in [0.29, 0.717) is 19.8 Å². The zero-order valence-electron chi connectivity index (χ0n) is 16.7. The van der Waals surface area contributed by atoms with E-state index < -0.39 is 0 Å². The van der Waals surface area contributed by atoms with Gasteiger partial charge in [0.2, 0.25) is 0 Å². The highest BCUT2D eigenvalue weighted by atomic mass is 35.5. The lowest BCUT2D eigenvalue weighted by molar-refractivity contribution is 0.0512. The predicted octanol–water partition coefficient (Wildman–Crippen LogP) is 5.24. The first-order valence-electron chi connectivity index (χ1n) is 9.23. The molecule has 0 atom stereocenters. The summed E-state index contributed by atoms with van der Waals surface area (Å²) in [6.07, 6.45) is 1.95. The number of halogens is 1. The van der Waals surface area contributed by atoms with E-state index in [4.69, 9.17) is 9.47 Å². The highest BCUT2D eigenvalue weighted by Gasteiger charge is 2.27. The third kappa shape index (κ3) is 7.02. The van der Waals surface area contributed by atoms with Crippen LogP contribution in [0.2, 0.25) is 0 Å². The van der Waals surface area contributed by atoms with E-state index in [1.807, 2.05) is 24.3 Å². The second-order valence-corrected chi connectivity index (χ2v) is 6.89. The minimum absolute atomic E-state index is 0. The Bertz CT molecular complexity index is 673. The average molecular weight is 390 g/mol. The van der Waals surface area contributed by atoms with Gasteiger partial charge in [-0.05, 0) is 38.0 Å². The lowest BCUT2D eigenvalue weighted by atomic mass is 9.92. The number of ether oxygens (including phenoxy) is 2. The van der Waals surface area contributed by atoms with E-state index >= 15 is 0 Å². The molecule has 0 aromatic heterocycles. The van der Waals surface area contributed by atoms with Gasteiger partial charge in [0.15, 0.2) is 0 Å². The third-order valence-corrected chi connectivity index (χ3v) is 4.70. The summed E-state index contributed by atoms with van der Waals surface area (Å²) in [5.74, 6) is 0.926. The molecule has 0 aliphatic carbocycles. The lowest BCUT2D eigenvalue weighted by Gasteiger charge is -2.38. The number of hydrogen-bond acceptors (Lipinski definition) is 3. The van der Waals surface area contributed by atoms with Crippen molar-refractivity contribution in [3.05, 3.63) is 78.4 Å². The summed E-state index contributed by atoms with van der Waals surface area (Å²) in [4.78, 5) is 2.39. The summed E-state index contributed by atoms with van der Waals surface area (Å²) in [6.45, 7) is 13.9. The minimum atomic E-state index is -0.0730. The Morgan fingerprint density at radius 1 is 0.963 bits per heavy atom. The smallest absolute Gasteiger partial charge is 0.122 e. The SMILES string of the molecule is C=CCN(CCOCCOc1ccccc1C)C(C)(C)c1ccccc1.Cl.